The summed E-state index contributed by atoms with van der Waals surface area (Å²) in [6, 6.07) is 0. The number of aliphatic hydroxyl groups is 1. The van der Waals surface area contributed by atoms with Crippen molar-refractivity contribution in [1.29, 1.82) is 0 Å². The normalized spacial score (nSPS) is 13.5. The van der Waals surface area contributed by atoms with Gasteiger partial charge in [0.15, 0.2) is 5.60 Å². The number of rotatable bonds is 6. The van der Waals surface area contributed by atoms with Crippen LogP contribution in [0, 0.1) is 0 Å². The van der Waals surface area contributed by atoms with Gasteiger partial charge >= 0.3 is 25.7 Å². The average molecular weight is 306 g/mol. The Bertz CT molecular complexity index is 384. The first-order valence-electron chi connectivity index (χ1n) is 4.12. The molecular weight excluding hydrogens is 295 g/mol. The fourth-order valence-corrected chi connectivity index (χ4v) is 1.20. The number of hydrogen-bond donors (Lipinski definition) is 7. The lowest BCUT2D eigenvalue weighted by atomic mass is 9.96. The van der Waals surface area contributed by atoms with Crippen molar-refractivity contribution in [3.8, 4) is 0 Å². The number of carboxylic acid groups (broad SMARTS) is 2. The minimum absolute atomic E-state index is 1.32. The van der Waals surface area contributed by atoms with E-state index in [1.165, 1.54) is 0 Å². The van der Waals surface area contributed by atoms with E-state index in [2.05, 4.69) is 4.52 Å². The van der Waals surface area contributed by atoms with Crippen molar-refractivity contribution in [2.45, 2.75) is 18.4 Å². The van der Waals surface area contributed by atoms with Gasteiger partial charge in [-0.2, -0.15) is 0 Å². The largest absolute Gasteiger partial charge is 0.526 e. The second-order valence-corrected chi connectivity index (χ2v) is 4.20. The highest BCUT2D eigenvalue weighted by Gasteiger charge is 2.42. The van der Waals surface area contributed by atoms with Gasteiger partial charge in [-0.15, -0.1) is 0 Å². The Morgan fingerprint density at radius 1 is 1.05 bits per heavy atom. The second-order valence-electron chi connectivity index (χ2n) is 3.04. The van der Waals surface area contributed by atoms with Gasteiger partial charge in [-0.25, -0.2) is 9.36 Å². The number of phosphoric acid groups is 1. The molecule has 7 N–H and O–H groups in total. The van der Waals surface area contributed by atoms with E-state index in [0.717, 1.165) is 0 Å². The lowest BCUT2D eigenvalue weighted by molar-refractivity contribution is -0.176. The van der Waals surface area contributed by atoms with Gasteiger partial charge in [0.05, 0.1) is 12.8 Å². The van der Waals surface area contributed by atoms with E-state index < -0.39 is 44.2 Å². The topological polar surface area (TPSA) is 219 Å². The van der Waals surface area contributed by atoms with Crippen LogP contribution >= 0.6 is 7.82 Å². The van der Waals surface area contributed by atoms with E-state index in [1.54, 1.807) is 0 Å². The summed E-state index contributed by atoms with van der Waals surface area (Å²) in [7, 11) is -5.17. The molecule has 0 aromatic carbocycles. The molecule has 0 radical (unpaired) electrons. The van der Waals surface area contributed by atoms with E-state index in [0.29, 0.717) is 0 Å². The number of carbonyl (C=O) groups is 3. The molecule has 0 aromatic rings. The summed E-state index contributed by atoms with van der Waals surface area (Å²) in [5, 5.41) is 38.1. The Morgan fingerprint density at radius 3 is 1.74 bits per heavy atom. The van der Waals surface area contributed by atoms with Crippen molar-refractivity contribution in [2.75, 3.05) is 0 Å². The third kappa shape index (κ3) is 9.07. The Hall–Kier alpha value is -1.56. The molecule has 112 valence electrons. The quantitative estimate of drug-likeness (QED) is 0.166. The maximum absolute atomic E-state index is 10.8. The first-order chi connectivity index (χ1) is 8.46. The Morgan fingerprint density at radius 2 is 1.47 bits per heavy atom. The van der Waals surface area contributed by atoms with E-state index in [9.17, 15) is 24.1 Å². The van der Waals surface area contributed by atoms with Crippen LogP contribution in [-0.2, 0) is 23.5 Å². The standard InChI is InChI=1S/C6H9O10P.H2O2/c7-3(8)1-6(12,5(10)11)2-4(9)16-17(13,14)15;1-2/h12H,1-2H2,(H,7,8)(H,10,11)(H2,13,14,15);1-2H. The third-order valence-corrected chi connectivity index (χ3v) is 1.94. The van der Waals surface area contributed by atoms with Crippen molar-refractivity contribution in [3.63, 3.8) is 0 Å². The zero-order valence-corrected chi connectivity index (χ0v) is 9.93. The SMILES string of the molecule is O=C(O)CC(O)(CC(=O)OP(=O)(O)O)C(=O)O.OO. The van der Waals surface area contributed by atoms with Crippen LogP contribution in [0.25, 0.3) is 0 Å². The molecule has 0 saturated heterocycles. The van der Waals surface area contributed by atoms with Crippen LogP contribution in [-0.4, -0.2) is 59.1 Å². The second kappa shape index (κ2) is 7.78. The molecular formula is C6H11O12P. The molecule has 0 amide bonds. The molecule has 13 heteroatoms. The van der Waals surface area contributed by atoms with E-state index in [1.807, 2.05) is 0 Å². The monoisotopic (exact) mass is 306 g/mol. The summed E-state index contributed by atoms with van der Waals surface area (Å²) in [4.78, 5) is 48.1. The maximum Gasteiger partial charge on any atom is 0.526 e. The van der Waals surface area contributed by atoms with E-state index in [-0.39, 0.29) is 0 Å². The molecule has 1 unspecified atom stereocenters. The summed E-state index contributed by atoms with van der Waals surface area (Å²) < 4.78 is 13.7. The molecule has 0 bridgehead atoms. The lowest BCUT2D eigenvalue weighted by Gasteiger charge is -2.20. The number of phosphoric ester groups is 1. The summed E-state index contributed by atoms with van der Waals surface area (Å²) in [6.07, 6.45) is -2.72. The molecule has 0 aliphatic heterocycles. The molecule has 0 aromatic heterocycles. The number of hydrogen-bond acceptors (Lipinski definition) is 8. The van der Waals surface area contributed by atoms with E-state index >= 15 is 0 Å². The Balaban J connectivity index is 0. The van der Waals surface area contributed by atoms with Crippen molar-refractivity contribution in [3.05, 3.63) is 0 Å². The van der Waals surface area contributed by atoms with E-state index in [4.69, 9.17) is 30.5 Å². The van der Waals surface area contributed by atoms with Crippen molar-refractivity contribution in [1.82, 2.24) is 0 Å². The predicted octanol–water partition coefficient (Wildman–Crippen LogP) is -1.68. The Kier molecular flexibility index (Phi) is 8.10. The van der Waals surface area contributed by atoms with Crippen LogP contribution in [0.15, 0.2) is 0 Å². The van der Waals surface area contributed by atoms with Gasteiger partial charge in [-0.1, -0.05) is 0 Å². The zero-order chi connectivity index (χ0) is 15.9. The summed E-state index contributed by atoms with van der Waals surface area (Å²) >= 11 is 0. The smallest absolute Gasteiger partial charge is 0.481 e. The maximum atomic E-state index is 10.8. The molecule has 0 saturated carbocycles. The predicted molar refractivity (Wildman–Crippen MR) is 52.8 cm³/mol. The van der Waals surface area contributed by atoms with Gasteiger partial charge in [0, 0.05) is 0 Å². The molecule has 0 fully saturated rings. The van der Waals surface area contributed by atoms with Gasteiger partial charge in [-0.3, -0.25) is 29.9 Å². The zero-order valence-electron chi connectivity index (χ0n) is 9.03. The van der Waals surface area contributed by atoms with Gasteiger partial charge in [0.2, 0.25) is 0 Å². The number of carbonyl (C=O) groups excluding carboxylic acids is 1. The molecule has 12 nitrogen and oxygen atoms in total. The minimum atomic E-state index is -5.17. The van der Waals surface area contributed by atoms with Crippen LogP contribution in [0.4, 0.5) is 0 Å². The van der Waals surface area contributed by atoms with Crippen LogP contribution in [0.5, 0.6) is 0 Å². The minimum Gasteiger partial charge on any atom is -0.481 e. The first-order valence-corrected chi connectivity index (χ1v) is 5.65. The highest BCUT2D eigenvalue weighted by Crippen LogP contribution is 2.37. The molecule has 19 heavy (non-hydrogen) atoms. The number of aliphatic carboxylic acids is 2. The third-order valence-electron chi connectivity index (χ3n) is 1.50. The van der Waals surface area contributed by atoms with Gasteiger partial charge in [0.1, 0.15) is 0 Å². The van der Waals surface area contributed by atoms with Gasteiger partial charge in [-0.05, 0) is 0 Å². The summed E-state index contributed by atoms with van der Waals surface area (Å²) in [5.41, 5.74) is -2.99. The van der Waals surface area contributed by atoms with Gasteiger partial charge in [0.25, 0.3) is 0 Å². The molecule has 0 heterocycles. The summed E-state index contributed by atoms with van der Waals surface area (Å²) in [5.74, 6) is -5.47. The summed E-state index contributed by atoms with van der Waals surface area (Å²) in [6.45, 7) is 0. The fraction of sp³-hybridized carbons (Fsp3) is 0.500. The molecule has 1 atom stereocenters. The van der Waals surface area contributed by atoms with Crippen molar-refractivity contribution < 1.29 is 59.1 Å². The lowest BCUT2D eigenvalue weighted by Crippen LogP contribution is -2.43. The molecule has 0 aliphatic carbocycles. The van der Waals surface area contributed by atoms with Crippen LogP contribution in [0.3, 0.4) is 0 Å². The molecule has 0 aliphatic rings. The van der Waals surface area contributed by atoms with Crippen LogP contribution in [0.2, 0.25) is 0 Å². The van der Waals surface area contributed by atoms with Crippen LogP contribution < -0.4 is 0 Å². The molecule has 0 spiro atoms. The Labute approximate surface area is 104 Å². The van der Waals surface area contributed by atoms with Crippen molar-refractivity contribution in [2.24, 2.45) is 0 Å². The molecule has 0 rings (SSSR count). The van der Waals surface area contributed by atoms with Crippen molar-refractivity contribution >= 4 is 25.7 Å². The fourth-order valence-electron chi connectivity index (χ4n) is 0.868. The highest BCUT2D eigenvalue weighted by molar-refractivity contribution is 7.46. The average Bonchev–Trinajstić information content (AvgIpc) is 2.15. The van der Waals surface area contributed by atoms with Gasteiger partial charge < -0.3 is 19.8 Å². The first kappa shape index (κ1) is 19.8. The van der Waals surface area contributed by atoms with Crippen LogP contribution in [0.1, 0.15) is 12.8 Å². The number of carboxylic acids is 2. The highest BCUT2D eigenvalue weighted by atomic mass is 31.2.